The standard InChI is InChI=1S/C17H19NO2S2/c19-22(20,17-7-4-14-2-1-3-15(14)10-17)18(16-5-6-16)11-13-8-9-21-12-13/h4,7-10,12,16H,1-3,5-6,11H2. The van der Waals surface area contributed by atoms with Crippen molar-refractivity contribution in [3.63, 3.8) is 0 Å². The molecule has 0 N–H and O–H groups in total. The van der Waals surface area contributed by atoms with Crippen LogP contribution in [0.4, 0.5) is 0 Å². The molecule has 3 nitrogen and oxygen atoms in total. The molecule has 2 aromatic rings. The summed E-state index contributed by atoms with van der Waals surface area (Å²) in [7, 11) is -3.40. The normalized spacial score (nSPS) is 17.9. The molecule has 1 fully saturated rings. The predicted octanol–water partition coefficient (Wildman–Crippen LogP) is 3.59. The van der Waals surface area contributed by atoms with Crippen LogP contribution in [-0.2, 0) is 29.4 Å². The largest absolute Gasteiger partial charge is 0.243 e. The molecule has 4 rings (SSSR count). The number of benzene rings is 1. The fourth-order valence-corrected chi connectivity index (χ4v) is 5.56. The fraction of sp³-hybridized carbons (Fsp3) is 0.412. The lowest BCUT2D eigenvalue weighted by Crippen LogP contribution is -2.32. The van der Waals surface area contributed by atoms with Gasteiger partial charge in [0, 0.05) is 12.6 Å². The molecule has 2 aliphatic carbocycles. The van der Waals surface area contributed by atoms with Crippen LogP contribution >= 0.6 is 11.3 Å². The molecule has 2 aliphatic rings. The highest BCUT2D eigenvalue weighted by atomic mass is 32.2. The smallest absolute Gasteiger partial charge is 0.207 e. The maximum absolute atomic E-state index is 13.1. The van der Waals surface area contributed by atoms with Gasteiger partial charge in [0.2, 0.25) is 10.0 Å². The first-order valence-corrected chi connectivity index (χ1v) is 10.2. The van der Waals surface area contributed by atoms with Crippen LogP contribution in [0, 0.1) is 0 Å². The minimum atomic E-state index is -3.40. The summed E-state index contributed by atoms with van der Waals surface area (Å²) in [5, 5.41) is 4.04. The Kier molecular flexibility index (Phi) is 3.59. The maximum Gasteiger partial charge on any atom is 0.243 e. The first-order chi connectivity index (χ1) is 10.6. The number of hydrogen-bond acceptors (Lipinski definition) is 3. The van der Waals surface area contributed by atoms with E-state index in [0.717, 1.165) is 37.7 Å². The van der Waals surface area contributed by atoms with Crippen molar-refractivity contribution in [1.82, 2.24) is 4.31 Å². The van der Waals surface area contributed by atoms with E-state index in [2.05, 4.69) is 0 Å². The van der Waals surface area contributed by atoms with Crippen molar-refractivity contribution in [2.24, 2.45) is 0 Å². The molecule has 0 radical (unpaired) electrons. The van der Waals surface area contributed by atoms with Gasteiger partial charge in [0.1, 0.15) is 0 Å². The number of sulfonamides is 1. The topological polar surface area (TPSA) is 37.4 Å². The molecule has 0 unspecified atom stereocenters. The Bertz CT molecular complexity index is 777. The number of hydrogen-bond donors (Lipinski definition) is 0. The minimum absolute atomic E-state index is 0.179. The summed E-state index contributed by atoms with van der Waals surface area (Å²) >= 11 is 1.61. The Balaban J connectivity index is 1.68. The van der Waals surface area contributed by atoms with Crippen LogP contribution in [0.1, 0.15) is 36.0 Å². The second kappa shape index (κ2) is 5.48. The van der Waals surface area contributed by atoms with E-state index in [9.17, 15) is 8.42 Å². The predicted molar refractivity (Wildman–Crippen MR) is 88.5 cm³/mol. The minimum Gasteiger partial charge on any atom is -0.207 e. The van der Waals surface area contributed by atoms with Crippen molar-refractivity contribution in [1.29, 1.82) is 0 Å². The van der Waals surface area contributed by atoms with E-state index >= 15 is 0 Å². The molecule has 0 saturated heterocycles. The van der Waals surface area contributed by atoms with Gasteiger partial charge >= 0.3 is 0 Å². The van der Waals surface area contributed by atoms with Gasteiger partial charge in [-0.05, 0) is 77.8 Å². The number of aryl methyl sites for hydroxylation is 2. The van der Waals surface area contributed by atoms with Crippen molar-refractivity contribution >= 4 is 21.4 Å². The van der Waals surface area contributed by atoms with Crippen molar-refractivity contribution in [2.75, 3.05) is 0 Å². The van der Waals surface area contributed by atoms with Gasteiger partial charge in [0.15, 0.2) is 0 Å². The fourth-order valence-electron chi connectivity index (χ4n) is 3.18. The molecule has 0 atom stereocenters. The Hall–Kier alpha value is -1.17. The van der Waals surface area contributed by atoms with Crippen molar-refractivity contribution in [2.45, 2.75) is 49.6 Å². The van der Waals surface area contributed by atoms with Gasteiger partial charge in [0.25, 0.3) is 0 Å². The maximum atomic E-state index is 13.1. The lowest BCUT2D eigenvalue weighted by atomic mass is 10.1. The Morgan fingerprint density at radius 1 is 1.14 bits per heavy atom. The quantitative estimate of drug-likeness (QED) is 0.838. The first-order valence-electron chi connectivity index (χ1n) is 7.79. The zero-order chi connectivity index (χ0) is 15.2. The molecule has 0 amide bonds. The number of nitrogens with zero attached hydrogens (tertiary/aromatic N) is 1. The molecule has 0 aliphatic heterocycles. The Morgan fingerprint density at radius 3 is 2.68 bits per heavy atom. The molecule has 0 spiro atoms. The zero-order valence-corrected chi connectivity index (χ0v) is 14.0. The van der Waals surface area contributed by atoms with Crippen LogP contribution in [0.5, 0.6) is 0 Å². The van der Waals surface area contributed by atoms with E-state index in [0.29, 0.717) is 11.4 Å². The number of rotatable bonds is 5. The van der Waals surface area contributed by atoms with E-state index in [1.54, 1.807) is 21.7 Å². The summed E-state index contributed by atoms with van der Waals surface area (Å²) in [6.07, 6.45) is 5.19. The van der Waals surface area contributed by atoms with Crippen molar-refractivity contribution < 1.29 is 8.42 Å². The van der Waals surface area contributed by atoms with Crippen LogP contribution in [0.15, 0.2) is 39.9 Å². The van der Waals surface area contributed by atoms with Gasteiger partial charge in [-0.2, -0.15) is 15.6 Å². The van der Waals surface area contributed by atoms with E-state index in [1.165, 1.54) is 11.1 Å². The van der Waals surface area contributed by atoms with Gasteiger partial charge in [-0.1, -0.05) is 6.07 Å². The lowest BCUT2D eigenvalue weighted by Gasteiger charge is -2.22. The summed E-state index contributed by atoms with van der Waals surface area (Å²) in [6, 6.07) is 7.89. The lowest BCUT2D eigenvalue weighted by molar-refractivity contribution is 0.399. The van der Waals surface area contributed by atoms with Crippen LogP contribution in [0.2, 0.25) is 0 Å². The van der Waals surface area contributed by atoms with Gasteiger partial charge in [-0.25, -0.2) is 8.42 Å². The Morgan fingerprint density at radius 2 is 1.95 bits per heavy atom. The van der Waals surface area contributed by atoms with Gasteiger partial charge in [-0.3, -0.25) is 0 Å². The summed E-state index contributed by atoms with van der Waals surface area (Å²) < 4.78 is 27.8. The van der Waals surface area contributed by atoms with E-state index < -0.39 is 10.0 Å². The van der Waals surface area contributed by atoms with Crippen LogP contribution in [0.3, 0.4) is 0 Å². The SMILES string of the molecule is O=S(=O)(c1ccc2c(c1)CCC2)N(Cc1ccsc1)C1CC1. The Labute approximate surface area is 135 Å². The van der Waals surface area contributed by atoms with Crippen molar-refractivity contribution in [3.8, 4) is 0 Å². The van der Waals surface area contributed by atoms with Gasteiger partial charge in [0.05, 0.1) is 4.90 Å². The number of thiophene rings is 1. The molecule has 1 heterocycles. The van der Waals surface area contributed by atoms with Crippen LogP contribution in [0.25, 0.3) is 0 Å². The second-order valence-corrected chi connectivity index (χ2v) is 8.87. The second-order valence-electron chi connectivity index (χ2n) is 6.20. The average Bonchev–Trinajstić information content (AvgIpc) is 3.02. The highest BCUT2D eigenvalue weighted by Crippen LogP contribution is 2.35. The molecule has 22 heavy (non-hydrogen) atoms. The van der Waals surface area contributed by atoms with Crippen molar-refractivity contribution in [3.05, 3.63) is 51.7 Å². The average molecular weight is 333 g/mol. The van der Waals surface area contributed by atoms with Gasteiger partial charge in [-0.15, -0.1) is 0 Å². The summed E-state index contributed by atoms with van der Waals surface area (Å²) in [6.45, 7) is 0.494. The molecule has 0 bridgehead atoms. The van der Waals surface area contributed by atoms with Crippen LogP contribution in [-0.4, -0.2) is 18.8 Å². The highest BCUT2D eigenvalue weighted by Gasteiger charge is 2.38. The van der Waals surface area contributed by atoms with E-state index in [4.69, 9.17) is 0 Å². The van der Waals surface area contributed by atoms with Gasteiger partial charge < -0.3 is 0 Å². The molecule has 1 aromatic heterocycles. The molecule has 116 valence electrons. The zero-order valence-electron chi connectivity index (χ0n) is 12.4. The highest BCUT2D eigenvalue weighted by molar-refractivity contribution is 7.89. The third-order valence-corrected chi connectivity index (χ3v) is 7.18. The molecular weight excluding hydrogens is 314 g/mol. The van der Waals surface area contributed by atoms with E-state index in [1.807, 2.05) is 29.0 Å². The molecule has 1 aromatic carbocycles. The first kappa shape index (κ1) is 14.4. The monoisotopic (exact) mass is 333 g/mol. The molecule has 5 heteroatoms. The van der Waals surface area contributed by atoms with Crippen LogP contribution < -0.4 is 0 Å². The number of fused-ring (bicyclic) bond motifs is 1. The molecule has 1 saturated carbocycles. The van der Waals surface area contributed by atoms with E-state index in [-0.39, 0.29) is 6.04 Å². The third kappa shape index (κ3) is 2.62. The summed E-state index contributed by atoms with van der Waals surface area (Å²) in [5.74, 6) is 0. The molecular formula is C17H19NO2S2. The third-order valence-electron chi connectivity index (χ3n) is 4.55. The summed E-state index contributed by atoms with van der Waals surface area (Å²) in [5.41, 5.74) is 3.61. The summed E-state index contributed by atoms with van der Waals surface area (Å²) in [4.78, 5) is 0.468.